The van der Waals surface area contributed by atoms with Crippen LogP contribution in [0.5, 0.6) is 0 Å². The van der Waals surface area contributed by atoms with E-state index in [-0.39, 0.29) is 17.6 Å². The molecule has 0 bridgehead atoms. The zero-order chi connectivity index (χ0) is 20.2. The van der Waals surface area contributed by atoms with Gasteiger partial charge in [0.15, 0.2) is 0 Å². The maximum atomic E-state index is 13.3. The first kappa shape index (κ1) is 19.7. The summed E-state index contributed by atoms with van der Waals surface area (Å²) in [6, 6.07) is 13.6. The zero-order valence-corrected chi connectivity index (χ0v) is 17.2. The maximum absolute atomic E-state index is 13.3. The van der Waals surface area contributed by atoms with Crippen LogP contribution in [-0.4, -0.2) is 34.0 Å². The molecule has 0 aliphatic carbocycles. The van der Waals surface area contributed by atoms with E-state index in [1.165, 1.54) is 12.1 Å². The fourth-order valence-electron chi connectivity index (χ4n) is 3.45. The van der Waals surface area contributed by atoms with Gasteiger partial charge < -0.3 is 9.84 Å². The monoisotopic (exact) mass is 458 g/mol. The molecule has 2 aromatic carbocycles. The van der Waals surface area contributed by atoms with E-state index in [0.717, 1.165) is 29.4 Å². The van der Waals surface area contributed by atoms with E-state index in [4.69, 9.17) is 4.52 Å². The molecule has 29 heavy (non-hydrogen) atoms. The normalized spacial score (nSPS) is 17.2. The largest absolute Gasteiger partial charge is 0.338 e. The molecular weight excluding hydrogens is 439 g/mol. The number of carbonyl (C=O) groups excluding carboxylic acids is 1. The number of benzene rings is 2. The molecule has 150 valence electrons. The number of hydrogen-bond acceptors (Lipinski definition) is 5. The number of aromatic nitrogens is 2. The summed E-state index contributed by atoms with van der Waals surface area (Å²) in [4.78, 5) is 19.2. The van der Waals surface area contributed by atoms with Crippen LogP contribution >= 0.6 is 15.9 Å². The van der Waals surface area contributed by atoms with E-state index in [1.54, 1.807) is 12.1 Å². The van der Waals surface area contributed by atoms with Crippen LogP contribution in [-0.2, 0) is 11.3 Å². The maximum Gasteiger partial charge on any atom is 0.241 e. The minimum Gasteiger partial charge on any atom is -0.338 e. The fraction of sp³-hybridized carbons (Fsp3) is 0.286. The second kappa shape index (κ2) is 8.84. The summed E-state index contributed by atoms with van der Waals surface area (Å²) in [6.07, 6.45) is 1.70. The van der Waals surface area contributed by atoms with Crippen molar-refractivity contribution in [2.75, 3.05) is 18.4 Å². The van der Waals surface area contributed by atoms with Crippen LogP contribution in [0, 0.1) is 11.7 Å². The Balaban J connectivity index is 1.36. The minimum absolute atomic E-state index is 0.0959. The average molecular weight is 459 g/mol. The van der Waals surface area contributed by atoms with Gasteiger partial charge in [0.2, 0.25) is 17.6 Å². The summed E-state index contributed by atoms with van der Waals surface area (Å²) in [5.41, 5.74) is 1.36. The number of amides is 1. The zero-order valence-electron chi connectivity index (χ0n) is 15.6. The Morgan fingerprint density at radius 1 is 1.28 bits per heavy atom. The van der Waals surface area contributed by atoms with Gasteiger partial charge in [0, 0.05) is 22.3 Å². The number of rotatable bonds is 5. The number of halogens is 2. The first-order valence-corrected chi connectivity index (χ1v) is 10.2. The molecule has 4 rings (SSSR count). The second-order valence-corrected chi connectivity index (χ2v) is 8.01. The van der Waals surface area contributed by atoms with Crippen molar-refractivity contribution in [1.29, 1.82) is 0 Å². The molecule has 2 heterocycles. The van der Waals surface area contributed by atoms with E-state index in [9.17, 15) is 9.18 Å². The summed E-state index contributed by atoms with van der Waals surface area (Å²) in [6.45, 7) is 1.95. The highest BCUT2D eigenvalue weighted by Crippen LogP contribution is 2.22. The highest BCUT2D eigenvalue weighted by atomic mass is 79.9. The molecule has 1 unspecified atom stereocenters. The lowest BCUT2D eigenvalue weighted by Crippen LogP contribution is -2.40. The standard InChI is InChI=1S/C21H20BrFN4O2/c22-16-8-6-14(7-9-16)20-25-19(29-26-20)13-27-10-2-3-15(12-27)21(28)24-18-5-1-4-17(23)11-18/h1,4-9,11,15H,2-3,10,12-13H2,(H,24,28). The summed E-state index contributed by atoms with van der Waals surface area (Å²) in [7, 11) is 0. The smallest absolute Gasteiger partial charge is 0.241 e. The van der Waals surface area contributed by atoms with E-state index >= 15 is 0 Å². The van der Waals surface area contributed by atoms with E-state index < -0.39 is 0 Å². The van der Waals surface area contributed by atoms with Crippen LogP contribution in [0.1, 0.15) is 18.7 Å². The van der Waals surface area contributed by atoms with Crippen LogP contribution in [0.2, 0.25) is 0 Å². The molecule has 1 aliphatic rings. The lowest BCUT2D eigenvalue weighted by Gasteiger charge is -2.30. The molecule has 6 nitrogen and oxygen atoms in total. The van der Waals surface area contributed by atoms with Crippen molar-refractivity contribution in [2.24, 2.45) is 5.92 Å². The summed E-state index contributed by atoms with van der Waals surface area (Å²) in [5, 5.41) is 6.86. The second-order valence-electron chi connectivity index (χ2n) is 7.09. The minimum atomic E-state index is -0.369. The summed E-state index contributed by atoms with van der Waals surface area (Å²) < 4.78 is 19.7. The van der Waals surface area contributed by atoms with Gasteiger partial charge in [-0.3, -0.25) is 9.69 Å². The van der Waals surface area contributed by atoms with Crippen molar-refractivity contribution in [3.63, 3.8) is 0 Å². The lowest BCUT2D eigenvalue weighted by atomic mass is 9.97. The van der Waals surface area contributed by atoms with Crippen molar-refractivity contribution >= 4 is 27.5 Å². The van der Waals surface area contributed by atoms with Gasteiger partial charge in [-0.05, 0) is 61.9 Å². The Hall–Kier alpha value is -2.58. The van der Waals surface area contributed by atoms with Crippen molar-refractivity contribution in [3.8, 4) is 11.4 Å². The number of nitrogens with zero attached hydrogens (tertiary/aromatic N) is 3. The van der Waals surface area contributed by atoms with Crippen LogP contribution in [0.3, 0.4) is 0 Å². The van der Waals surface area contributed by atoms with Crippen molar-refractivity contribution in [2.45, 2.75) is 19.4 Å². The van der Waals surface area contributed by atoms with Crippen LogP contribution in [0.15, 0.2) is 57.5 Å². The molecule has 8 heteroatoms. The molecule has 1 amide bonds. The Bertz CT molecular complexity index is 992. The Morgan fingerprint density at radius 3 is 2.90 bits per heavy atom. The molecule has 0 spiro atoms. The molecule has 0 radical (unpaired) electrons. The van der Waals surface area contributed by atoms with E-state index in [0.29, 0.717) is 30.5 Å². The van der Waals surface area contributed by atoms with Crippen LogP contribution < -0.4 is 5.32 Å². The first-order valence-electron chi connectivity index (χ1n) is 9.44. The topological polar surface area (TPSA) is 71.3 Å². The third-order valence-electron chi connectivity index (χ3n) is 4.90. The van der Waals surface area contributed by atoms with Gasteiger partial charge in [-0.15, -0.1) is 0 Å². The van der Waals surface area contributed by atoms with Gasteiger partial charge in [-0.2, -0.15) is 4.98 Å². The fourth-order valence-corrected chi connectivity index (χ4v) is 3.71. The first-order chi connectivity index (χ1) is 14.1. The van der Waals surface area contributed by atoms with E-state index in [1.807, 2.05) is 24.3 Å². The molecule has 1 N–H and O–H groups in total. The number of likely N-dealkylation sites (tertiary alicyclic amines) is 1. The SMILES string of the molecule is O=C(Nc1cccc(F)c1)C1CCCN(Cc2nc(-c3ccc(Br)cc3)no2)C1. The number of anilines is 1. The average Bonchev–Trinajstić information content (AvgIpc) is 3.17. The molecule has 1 aromatic heterocycles. The Kier molecular flexibility index (Phi) is 6.01. The third kappa shape index (κ3) is 5.07. The van der Waals surface area contributed by atoms with Crippen molar-refractivity contribution < 1.29 is 13.7 Å². The number of piperidine rings is 1. The van der Waals surface area contributed by atoms with Gasteiger partial charge in [-0.25, -0.2) is 4.39 Å². The molecule has 1 saturated heterocycles. The quantitative estimate of drug-likeness (QED) is 0.609. The van der Waals surface area contributed by atoms with Crippen molar-refractivity contribution in [3.05, 3.63) is 64.7 Å². The number of hydrogen-bond donors (Lipinski definition) is 1. The predicted octanol–water partition coefficient (Wildman–Crippen LogP) is 4.49. The molecule has 3 aromatic rings. The van der Waals surface area contributed by atoms with Crippen LogP contribution in [0.4, 0.5) is 10.1 Å². The Morgan fingerprint density at radius 2 is 2.10 bits per heavy atom. The van der Waals surface area contributed by atoms with Gasteiger partial charge in [-0.1, -0.05) is 27.2 Å². The molecule has 1 aliphatic heterocycles. The molecule has 1 atom stereocenters. The number of carbonyl (C=O) groups is 1. The number of nitrogens with one attached hydrogen (secondary N) is 1. The van der Waals surface area contributed by atoms with Gasteiger partial charge in [0.05, 0.1) is 12.5 Å². The highest BCUT2D eigenvalue weighted by molar-refractivity contribution is 9.10. The lowest BCUT2D eigenvalue weighted by molar-refractivity contribution is -0.121. The van der Waals surface area contributed by atoms with Crippen LogP contribution in [0.25, 0.3) is 11.4 Å². The molecular formula is C21H20BrFN4O2. The summed E-state index contributed by atoms with van der Waals surface area (Å²) >= 11 is 3.41. The molecule has 1 fully saturated rings. The van der Waals surface area contributed by atoms with E-state index in [2.05, 4.69) is 36.3 Å². The van der Waals surface area contributed by atoms with Gasteiger partial charge >= 0.3 is 0 Å². The highest BCUT2D eigenvalue weighted by Gasteiger charge is 2.27. The predicted molar refractivity (Wildman–Crippen MR) is 110 cm³/mol. The van der Waals surface area contributed by atoms with Gasteiger partial charge in [0.1, 0.15) is 5.82 Å². The van der Waals surface area contributed by atoms with Crippen molar-refractivity contribution in [1.82, 2.24) is 15.0 Å². The molecule has 0 saturated carbocycles. The Labute approximate surface area is 176 Å². The third-order valence-corrected chi connectivity index (χ3v) is 5.43. The summed E-state index contributed by atoms with van der Waals surface area (Å²) in [5.74, 6) is 0.437. The van der Waals surface area contributed by atoms with Gasteiger partial charge in [0.25, 0.3) is 0 Å².